The first-order valence-corrected chi connectivity index (χ1v) is 7.91. The van der Waals surface area contributed by atoms with Crippen molar-refractivity contribution in [2.24, 2.45) is 13.0 Å². The molecule has 2 aliphatic rings. The van der Waals surface area contributed by atoms with Crippen LogP contribution in [0, 0.1) is 12.8 Å². The monoisotopic (exact) mass is 273 g/mol. The SMILES string of the molecule is Cc1nn(C)c2nn3c(c12)NCCC3C1CCCCC1. The average Bonchev–Trinajstić information content (AvgIpc) is 2.99. The van der Waals surface area contributed by atoms with E-state index < -0.39 is 0 Å². The van der Waals surface area contributed by atoms with E-state index >= 15 is 0 Å². The molecule has 0 saturated heterocycles. The summed E-state index contributed by atoms with van der Waals surface area (Å²) in [6, 6.07) is 0.582. The number of anilines is 1. The van der Waals surface area contributed by atoms with Crippen molar-refractivity contribution >= 4 is 16.9 Å². The standard InChI is InChI=1S/C15H23N5/c1-10-13-14-16-9-8-12(11-6-4-3-5-7-11)20(14)18-15(13)19(2)17-10/h11-12,16H,3-9H2,1-2H3. The van der Waals surface area contributed by atoms with Crippen LogP contribution in [-0.2, 0) is 7.05 Å². The van der Waals surface area contributed by atoms with Gasteiger partial charge in [-0.1, -0.05) is 19.3 Å². The highest BCUT2D eigenvalue weighted by Crippen LogP contribution is 2.40. The van der Waals surface area contributed by atoms with Gasteiger partial charge in [0.2, 0.25) is 0 Å². The van der Waals surface area contributed by atoms with Gasteiger partial charge in [-0.2, -0.15) is 10.2 Å². The molecule has 20 heavy (non-hydrogen) atoms. The molecule has 1 saturated carbocycles. The number of aromatic nitrogens is 4. The lowest BCUT2D eigenvalue weighted by molar-refractivity contribution is 0.223. The molecule has 0 aromatic carbocycles. The zero-order valence-corrected chi connectivity index (χ0v) is 12.4. The van der Waals surface area contributed by atoms with Crippen LogP contribution >= 0.6 is 0 Å². The van der Waals surface area contributed by atoms with Gasteiger partial charge in [0, 0.05) is 13.6 Å². The molecule has 1 N–H and O–H groups in total. The van der Waals surface area contributed by atoms with Crippen molar-refractivity contribution in [3.63, 3.8) is 0 Å². The summed E-state index contributed by atoms with van der Waals surface area (Å²) in [6.07, 6.45) is 8.16. The predicted octanol–water partition coefficient (Wildman–Crippen LogP) is 3.02. The quantitative estimate of drug-likeness (QED) is 0.869. The van der Waals surface area contributed by atoms with Crippen molar-refractivity contribution < 1.29 is 0 Å². The van der Waals surface area contributed by atoms with Gasteiger partial charge in [0.25, 0.3) is 0 Å². The van der Waals surface area contributed by atoms with Crippen LogP contribution in [0.4, 0.5) is 5.82 Å². The van der Waals surface area contributed by atoms with Crippen molar-refractivity contribution in [3.8, 4) is 0 Å². The molecule has 0 spiro atoms. The molecule has 2 aromatic heterocycles. The number of aryl methyl sites for hydroxylation is 2. The third kappa shape index (κ3) is 1.68. The highest BCUT2D eigenvalue weighted by molar-refractivity contribution is 5.90. The second-order valence-electron chi connectivity index (χ2n) is 6.38. The summed E-state index contributed by atoms with van der Waals surface area (Å²) in [7, 11) is 1.99. The van der Waals surface area contributed by atoms with Crippen LogP contribution in [-0.4, -0.2) is 26.1 Å². The lowest BCUT2D eigenvalue weighted by Crippen LogP contribution is -2.30. The molecule has 0 bridgehead atoms. The summed E-state index contributed by atoms with van der Waals surface area (Å²) in [5.41, 5.74) is 2.10. The Hall–Kier alpha value is -1.52. The molecule has 0 radical (unpaired) electrons. The molecule has 3 heterocycles. The predicted molar refractivity (Wildman–Crippen MR) is 80.0 cm³/mol. The summed E-state index contributed by atoms with van der Waals surface area (Å²) < 4.78 is 4.19. The van der Waals surface area contributed by atoms with Gasteiger partial charge in [-0.05, 0) is 32.1 Å². The Morgan fingerprint density at radius 3 is 2.70 bits per heavy atom. The van der Waals surface area contributed by atoms with E-state index in [1.807, 2.05) is 11.7 Å². The van der Waals surface area contributed by atoms with Crippen molar-refractivity contribution in [1.29, 1.82) is 0 Å². The number of hydrogen-bond acceptors (Lipinski definition) is 3. The zero-order valence-electron chi connectivity index (χ0n) is 12.4. The van der Waals surface area contributed by atoms with Gasteiger partial charge in [0.15, 0.2) is 5.65 Å². The Morgan fingerprint density at radius 1 is 1.10 bits per heavy atom. The fourth-order valence-corrected chi connectivity index (χ4v) is 4.13. The average molecular weight is 273 g/mol. The Bertz CT molecular complexity index is 632. The number of fused-ring (bicyclic) bond motifs is 3. The second kappa shape index (κ2) is 4.50. The fraction of sp³-hybridized carbons (Fsp3) is 0.733. The normalized spacial score (nSPS) is 23.8. The molecule has 5 nitrogen and oxygen atoms in total. The third-order valence-electron chi connectivity index (χ3n) is 5.10. The van der Waals surface area contributed by atoms with Crippen LogP contribution in [0.2, 0.25) is 0 Å². The third-order valence-corrected chi connectivity index (χ3v) is 5.10. The van der Waals surface area contributed by atoms with Crippen molar-refractivity contribution in [1.82, 2.24) is 19.6 Å². The number of rotatable bonds is 1. The van der Waals surface area contributed by atoms with Crippen LogP contribution in [0.1, 0.15) is 50.3 Å². The molecule has 1 aliphatic carbocycles. The zero-order chi connectivity index (χ0) is 13.7. The van der Waals surface area contributed by atoms with Crippen LogP contribution < -0.4 is 5.32 Å². The van der Waals surface area contributed by atoms with E-state index in [1.165, 1.54) is 49.7 Å². The van der Waals surface area contributed by atoms with Crippen LogP contribution in [0.3, 0.4) is 0 Å². The van der Waals surface area contributed by atoms with E-state index in [1.54, 1.807) is 0 Å². The summed E-state index contributed by atoms with van der Waals surface area (Å²) in [5, 5.41) is 14.2. The first kappa shape index (κ1) is 12.2. The van der Waals surface area contributed by atoms with Gasteiger partial charge in [0.1, 0.15) is 5.82 Å². The topological polar surface area (TPSA) is 47.7 Å². The van der Waals surface area contributed by atoms with E-state index in [-0.39, 0.29) is 0 Å². The van der Waals surface area contributed by atoms with Gasteiger partial charge < -0.3 is 5.32 Å². The number of nitrogens with zero attached hydrogens (tertiary/aromatic N) is 4. The highest BCUT2D eigenvalue weighted by atomic mass is 15.4. The van der Waals surface area contributed by atoms with Crippen LogP contribution in [0.15, 0.2) is 0 Å². The van der Waals surface area contributed by atoms with Crippen molar-refractivity contribution in [3.05, 3.63) is 5.69 Å². The molecule has 1 aliphatic heterocycles. The molecule has 108 valence electrons. The molecule has 0 amide bonds. The maximum absolute atomic E-state index is 4.88. The Kier molecular flexibility index (Phi) is 2.75. The smallest absolute Gasteiger partial charge is 0.182 e. The molecule has 1 atom stereocenters. The maximum Gasteiger partial charge on any atom is 0.182 e. The summed E-state index contributed by atoms with van der Waals surface area (Å²) >= 11 is 0. The fourth-order valence-electron chi connectivity index (χ4n) is 4.13. The van der Waals surface area contributed by atoms with Crippen molar-refractivity contribution in [2.75, 3.05) is 11.9 Å². The largest absolute Gasteiger partial charge is 0.370 e. The number of nitrogens with one attached hydrogen (secondary N) is 1. The van der Waals surface area contributed by atoms with Gasteiger partial charge in [0.05, 0.1) is 17.1 Å². The highest BCUT2D eigenvalue weighted by Gasteiger charge is 2.32. The van der Waals surface area contributed by atoms with Gasteiger partial charge in [-0.15, -0.1) is 0 Å². The van der Waals surface area contributed by atoms with E-state index in [2.05, 4.69) is 22.0 Å². The van der Waals surface area contributed by atoms with Gasteiger partial charge >= 0.3 is 0 Å². The van der Waals surface area contributed by atoms with Crippen LogP contribution in [0.25, 0.3) is 11.0 Å². The molecule has 5 heteroatoms. The van der Waals surface area contributed by atoms with E-state index in [4.69, 9.17) is 5.10 Å². The Balaban J connectivity index is 1.80. The number of hydrogen-bond donors (Lipinski definition) is 1. The lowest BCUT2D eigenvalue weighted by Gasteiger charge is -2.34. The summed E-state index contributed by atoms with van der Waals surface area (Å²) in [4.78, 5) is 0. The molecule has 4 rings (SSSR count). The summed E-state index contributed by atoms with van der Waals surface area (Å²) in [6.45, 7) is 3.15. The van der Waals surface area contributed by atoms with Gasteiger partial charge in [-0.3, -0.25) is 0 Å². The van der Waals surface area contributed by atoms with Crippen LogP contribution in [0.5, 0.6) is 0 Å². The van der Waals surface area contributed by atoms with Gasteiger partial charge in [-0.25, -0.2) is 9.36 Å². The van der Waals surface area contributed by atoms with E-state index in [0.717, 1.165) is 23.8 Å². The maximum atomic E-state index is 4.88. The van der Waals surface area contributed by atoms with Crippen molar-refractivity contribution in [2.45, 2.75) is 51.5 Å². The van der Waals surface area contributed by atoms with E-state index in [9.17, 15) is 0 Å². The minimum atomic E-state index is 0.582. The minimum absolute atomic E-state index is 0.582. The minimum Gasteiger partial charge on any atom is -0.370 e. The molecule has 1 fully saturated rings. The Morgan fingerprint density at radius 2 is 1.90 bits per heavy atom. The van der Waals surface area contributed by atoms with E-state index in [0.29, 0.717) is 6.04 Å². The Labute approximate surface area is 119 Å². The summed E-state index contributed by atoms with van der Waals surface area (Å²) in [5.74, 6) is 2.01. The molecular weight excluding hydrogens is 250 g/mol. The molecule has 2 aromatic rings. The molecule has 1 unspecified atom stereocenters. The molecular formula is C15H23N5. The second-order valence-corrected chi connectivity index (χ2v) is 6.38. The lowest BCUT2D eigenvalue weighted by atomic mass is 9.82. The first-order valence-electron chi connectivity index (χ1n) is 7.91. The first-order chi connectivity index (χ1) is 9.75.